The Morgan fingerprint density at radius 2 is 1.57 bits per heavy atom. The average molecular weight is 430 g/mol. The van der Waals surface area contributed by atoms with Gasteiger partial charge in [0.1, 0.15) is 11.6 Å². The fraction of sp³-hybridized carbons (Fsp3) is 0.136. The first kappa shape index (κ1) is 21.4. The van der Waals surface area contributed by atoms with Crippen LogP contribution in [0, 0.1) is 11.6 Å². The van der Waals surface area contributed by atoms with Gasteiger partial charge in [0, 0.05) is 24.8 Å². The molecule has 0 aliphatic carbocycles. The van der Waals surface area contributed by atoms with Crippen molar-refractivity contribution in [3.63, 3.8) is 0 Å². The van der Waals surface area contributed by atoms with Gasteiger partial charge in [0.2, 0.25) is 5.91 Å². The minimum absolute atomic E-state index is 0.0575. The van der Waals surface area contributed by atoms with Crippen molar-refractivity contribution in [2.75, 3.05) is 11.8 Å². The van der Waals surface area contributed by atoms with Crippen LogP contribution in [0.15, 0.2) is 77.7 Å². The number of anilines is 1. The van der Waals surface area contributed by atoms with Crippen LogP contribution < -0.4 is 4.72 Å². The van der Waals surface area contributed by atoms with E-state index in [4.69, 9.17) is 0 Å². The summed E-state index contributed by atoms with van der Waals surface area (Å²) in [5, 5.41) is 0. The number of amides is 1. The summed E-state index contributed by atoms with van der Waals surface area (Å²) >= 11 is 0. The van der Waals surface area contributed by atoms with E-state index in [-0.39, 0.29) is 29.6 Å². The Morgan fingerprint density at radius 1 is 0.933 bits per heavy atom. The van der Waals surface area contributed by atoms with Crippen molar-refractivity contribution < 1.29 is 22.0 Å². The molecule has 1 N–H and O–H groups in total. The first-order valence-corrected chi connectivity index (χ1v) is 10.6. The number of benzene rings is 3. The number of hydrogen-bond donors (Lipinski definition) is 1. The number of nitrogens with one attached hydrogen (secondary N) is 1. The zero-order valence-electron chi connectivity index (χ0n) is 16.2. The van der Waals surface area contributed by atoms with Crippen LogP contribution in [0.25, 0.3) is 0 Å². The molecule has 0 bridgehead atoms. The van der Waals surface area contributed by atoms with Gasteiger partial charge in [0.05, 0.1) is 11.3 Å². The fourth-order valence-electron chi connectivity index (χ4n) is 2.80. The highest BCUT2D eigenvalue weighted by Crippen LogP contribution is 2.18. The molecular weight excluding hydrogens is 410 g/mol. The van der Waals surface area contributed by atoms with Gasteiger partial charge < -0.3 is 4.90 Å². The van der Waals surface area contributed by atoms with Gasteiger partial charge in [-0.1, -0.05) is 30.3 Å². The van der Waals surface area contributed by atoms with Gasteiger partial charge in [-0.2, -0.15) is 0 Å². The minimum Gasteiger partial charge on any atom is -0.341 e. The highest BCUT2D eigenvalue weighted by atomic mass is 32.2. The lowest BCUT2D eigenvalue weighted by Gasteiger charge is -2.18. The van der Waals surface area contributed by atoms with Gasteiger partial charge in [-0.25, -0.2) is 17.2 Å². The van der Waals surface area contributed by atoms with E-state index >= 15 is 0 Å². The Balaban J connectivity index is 1.62. The summed E-state index contributed by atoms with van der Waals surface area (Å²) in [7, 11) is -2.25. The number of sulfonamides is 1. The summed E-state index contributed by atoms with van der Waals surface area (Å²) < 4.78 is 53.8. The number of carbonyl (C=O) groups excluding carboxylic acids is 1. The Hall–Kier alpha value is -3.26. The van der Waals surface area contributed by atoms with E-state index in [1.807, 2.05) is 0 Å². The van der Waals surface area contributed by atoms with Crippen LogP contribution in [0.1, 0.15) is 11.1 Å². The second-order valence-corrected chi connectivity index (χ2v) is 8.46. The largest absolute Gasteiger partial charge is 0.341 e. The average Bonchev–Trinajstić information content (AvgIpc) is 2.71. The molecule has 5 nitrogen and oxygen atoms in total. The van der Waals surface area contributed by atoms with Gasteiger partial charge in [0.25, 0.3) is 10.0 Å². The fourth-order valence-corrected chi connectivity index (χ4v) is 3.86. The Labute approximate surface area is 174 Å². The van der Waals surface area contributed by atoms with Crippen LogP contribution in [0.2, 0.25) is 0 Å². The topological polar surface area (TPSA) is 66.5 Å². The third-order valence-corrected chi connectivity index (χ3v) is 5.87. The van der Waals surface area contributed by atoms with E-state index in [2.05, 4.69) is 4.72 Å². The highest BCUT2D eigenvalue weighted by molar-refractivity contribution is 7.92. The molecule has 0 atom stereocenters. The minimum atomic E-state index is -3.85. The van der Waals surface area contributed by atoms with Gasteiger partial charge in [-0.15, -0.1) is 0 Å². The molecule has 0 unspecified atom stereocenters. The first-order valence-electron chi connectivity index (χ1n) is 9.09. The van der Waals surface area contributed by atoms with Crippen LogP contribution in [-0.2, 0) is 27.8 Å². The third kappa shape index (κ3) is 5.42. The SMILES string of the molecule is CN(Cc1ccccc1F)C(=O)Cc1ccc(NS(=O)(=O)c2ccc(F)cc2)cc1. The van der Waals surface area contributed by atoms with E-state index in [0.717, 1.165) is 12.1 Å². The molecule has 3 aromatic carbocycles. The molecular formula is C22H20F2N2O3S. The molecule has 156 valence electrons. The van der Waals surface area contributed by atoms with E-state index < -0.39 is 15.8 Å². The summed E-state index contributed by atoms with van der Waals surface area (Å²) in [4.78, 5) is 13.8. The van der Waals surface area contributed by atoms with Crippen LogP contribution >= 0.6 is 0 Å². The molecule has 0 spiro atoms. The molecule has 0 fully saturated rings. The predicted molar refractivity (Wildman–Crippen MR) is 110 cm³/mol. The maximum absolute atomic E-state index is 13.7. The van der Waals surface area contributed by atoms with E-state index in [1.165, 1.54) is 23.1 Å². The van der Waals surface area contributed by atoms with Gasteiger partial charge in [0.15, 0.2) is 0 Å². The van der Waals surface area contributed by atoms with Crippen LogP contribution in [0.4, 0.5) is 14.5 Å². The van der Waals surface area contributed by atoms with Crippen molar-refractivity contribution in [1.29, 1.82) is 0 Å². The molecule has 3 aromatic rings. The van der Waals surface area contributed by atoms with E-state index in [9.17, 15) is 22.0 Å². The molecule has 1 amide bonds. The summed E-state index contributed by atoms with van der Waals surface area (Å²) in [5.41, 5.74) is 1.43. The number of nitrogens with zero attached hydrogens (tertiary/aromatic N) is 1. The summed E-state index contributed by atoms with van der Waals surface area (Å²) in [6.07, 6.45) is 0.0932. The normalized spacial score (nSPS) is 11.2. The van der Waals surface area contributed by atoms with E-state index in [1.54, 1.807) is 49.5 Å². The van der Waals surface area contributed by atoms with Crippen LogP contribution in [0.3, 0.4) is 0 Å². The maximum Gasteiger partial charge on any atom is 0.261 e. The molecule has 0 aliphatic rings. The zero-order valence-corrected chi connectivity index (χ0v) is 17.0. The first-order chi connectivity index (χ1) is 14.2. The van der Waals surface area contributed by atoms with Crippen molar-refractivity contribution in [3.05, 3.63) is 95.6 Å². The second kappa shape index (κ2) is 9.04. The monoisotopic (exact) mass is 430 g/mol. The van der Waals surface area contributed by atoms with Crippen molar-refractivity contribution in [2.45, 2.75) is 17.9 Å². The molecule has 8 heteroatoms. The Kier molecular flexibility index (Phi) is 6.47. The lowest BCUT2D eigenvalue weighted by Crippen LogP contribution is -2.28. The number of rotatable bonds is 7. The van der Waals surface area contributed by atoms with Gasteiger partial charge in [-0.05, 0) is 48.0 Å². The summed E-state index contributed by atoms with van der Waals surface area (Å²) in [6.45, 7) is 0.154. The van der Waals surface area contributed by atoms with Crippen molar-refractivity contribution in [3.8, 4) is 0 Å². The molecule has 0 radical (unpaired) electrons. The third-order valence-electron chi connectivity index (χ3n) is 4.48. The maximum atomic E-state index is 13.7. The van der Waals surface area contributed by atoms with Crippen LogP contribution in [-0.4, -0.2) is 26.3 Å². The molecule has 0 saturated heterocycles. The van der Waals surface area contributed by atoms with Crippen molar-refractivity contribution in [1.82, 2.24) is 4.90 Å². The summed E-state index contributed by atoms with van der Waals surface area (Å²) in [6, 6.07) is 17.1. The van der Waals surface area contributed by atoms with E-state index in [0.29, 0.717) is 16.8 Å². The molecule has 0 aliphatic heterocycles. The molecule has 0 aromatic heterocycles. The predicted octanol–water partition coefficient (Wildman–Crippen LogP) is 3.97. The van der Waals surface area contributed by atoms with Gasteiger partial charge in [-0.3, -0.25) is 9.52 Å². The Morgan fingerprint density at radius 3 is 2.20 bits per heavy atom. The lowest BCUT2D eigenvalue weighted by atomic mass is 10.1. The number of halogens is 2. The van der Waals surface area contributed by atoms with Crippen molar-refractivity contribution >= 4 is 21.6 Å². The van der Waals surface area contributed by atoms with Crippen LogP contribution in [0.5, 0.6) is 0 Å². The van der Waals surface area contributed by atoms with Gasteiger partial charge >= 0.3 is 0 Å². The van der Waals surface area contributed by atoms with Crippen molar-refractivity contribution in [2.24, 2.45) is 0 Å². The second-order valence-electron chi connectivity index (χ2n) is 6.77. The number of likely N-dealkylation sites (N-methyl/N-ethyl adjacent to an activating group) is 1. The molecule has 0 heterocycles. The highest BCUT2D eigenvalue weighted by Gasteiger charge is 2.15. The molecule has 30 heavy (non-hydrogen) atoms. The number of carbonyl (C=O) groups is 1. The zero-order chi connectivity index (χ0) is 21.7. The lowest BCUT2D eigenvalue weighted by molar-refractivity contribution is -0.129. The molecule has 0 saturated carbocycles. The molecule has 3 rings (SSSR count). The summed E-state index contributed by atoms with van der Waals surface area (Å²) in [5.74, 6) is -1.09. The smallest absolute Gasteiger partial charge is 0.261 e. The standard InChI is InChI=1S/C22H20F2N2O3S/c1-26(15-17-4-2-3-5-21(17)24)22(27)14-16-6-10-19(11-7-16)25-30(28,29)20-12-8-18(23)9-13-20/h2-13,25H,14-15H2,1H3. The number of hydrogen-bond acceptors (Lipinski definition) is 3. The quantitative estimate of drug-likeness (QED) is 0.617. The Bertz CT molecular complexity index is 1130.